The van der Waals surface area contributed by atoms with Gasteiger partial charge in [-0.25, -0.2) is 4.98 Å². The predicted octanol–water partition coefficient (Wildman–Crippen LogP) is 2.38. The van der Waals surface area contributed by atoms with Crippen LogP contribution in [0.4, 0.5) is 0 Å². The minimum absolute atomic E-state index is 0.0795. The average molecular weight is 269 g/mol. The number of thiazole rings is 1. The average Bonchev–Trinajstić information content (AvgIpc) is 2.72. The molecule has 0 aromatic carbocycles. The van der Waals surface area contributed by atoms with Crippen molar-refractivity contribution in [1.82, 2.24) is 15.6 Å². The van der Waals surface area contributed by atoms with Crippen molar-refractivity contribution in [2.24, 2.45) is 0 Å². The number of amides is 1. The zero-order valence-electron chi connectivity index (χ0n) is 11.8. The normalized spacial score (nSPS) is 11.9. The highest BCUT2D eigenvalue weighted by molar-refractivity contribution is 7.09. The van der Waals surface area contributed by atoms with Crippen LogP contribution >= 0.6 is 11.3 Å². The Morgan fingerprint density at radius 3 is 2.56 bits per heavy atom. The third-order valence-corrected chi connectivity index (χ3v) is 3.46. The fraction of sp³-hybridized carbons (Fsp3) is 0.692. The summed E-state index contributed by atoms with van der Waals surface area (Å²) in [6, 6.07) is 0. The van der Waals surface area contributed by atoms with Crippen LogP contribution in [-0.2, 0) is 0 Å². The van der Waals surface area contributed by atoms with Gasteiger partial charge < -0.3 is 10.6 Å². The van der Waals surface area contributed by atoms with Crippen LogP contribution in [0.1, 0.15) is 56.0 Å². The SMILES string of the molecule is CC(C)c1nc(C(=O)NCCNC(C)(C)C)cs1. The van der Waals surface area contributed by atoms with Gasteiger partial charge in [-0.3, -0.25) is 4.79 Å². The summed E-state index contributed by atoms with van der Waals surface area (Å²) >= 11 is 1.54. The third kappa shape index (κ3) is 5.14. The van der Waals surface area contributed by atoms with Crippen LogP contribution in [0.25, 0.3) is 0 Å². The molecule has 1 amide bonds. The van der Waals surface area contributed by atoms with Gasteiger partial charge in [0.05, 0.1) is 5.01 Å². The molecule has 2 N–H and O–H groups in total. The molecule has 0 aliphatic carbocycles. The zero-order chi connectivity index (χ0) is 13.8. The van der Waals surface area contributed by atoms with E-state index < -0.39 is 0 Å². The molecule has 0 fully saturated rings. The van der Waals surface area contributed by atoms with Crippen molar-refractivity contribution in [3.8, 4) is 0 Å². The van der Waals surface area contributed by atoms with Crippen LogP contribution in [0.3, 0.4) is 0 Å². The first kappa shape index (κ1) is 15.1. The minimum Gasteiger partial charge on any atom is -0.349 e. The summed E-state index contributed by atoms with van der Waals surface area (Å²) in [4.78, 5) is 16.1. The number of carbonyl (C=O) groups is 1. The molecule has 0 bridgehead atoms. The first-order chi connectivity index (χ1) is 8.29. The number of rotatable bonds is 5. The number of hydrogen-bond donors (Lipinski definition) is 2. The second kappa shape index (κ2) is 6.29. The molecule has 0 saturated carbocycles. The smallest absolute Gasteiger partial charge is 0.270 e. The van der Waals surface area contributed by atoms with Gasteiger partial charge in [-0.05, 0) is 20.8 Å². The van der Waals surface area contributed by atoms with Crippen LogP contribution in [0.5, 0.6) is 0 Å². The van der Waals surface area contributed by atoms with Crippen molar-refractivity contribution in [1.29, 1.82) is 0 Å². The molecule has 1 heterocycles. The number of carbonyl (C=O) groups excluding carboxylic acids is 1. The summed E-state index contributed by atoms with van der Waals surface area (Å²) in [6.45, 7) is 11.8. The van der Waals surface area contributed by atoms with Crippen molar-refractivity contribution in [2.45, 2.75) is 46.1 Å². The largest absolute Gasteiger partial charge is 0.349 e. The lowest BCUT2D eigenvalue weighted by Crippen LogP contribution is -2.41. The Morgan fingerprint density at radius 2 is 2.06 bits per heavy atom. The highest BCUT2D eigenvalue weighted by atomic mass is 32.1. The van der Waals surface area contributed by atoms with Crippen molar-refractivity contribution >= 4 is 17.2 Å². The van der Waals surface area contributed by atoms with Crippen LogP contribution in [0.15, 0.2) is 5.38 Å². The standard InChI is InChI=1S/C13H23N3OS/c1-9(2)12-16-10(8-18-12)11(17)14-6-7-15-13(3,4)5/h8-9,15H,6-7H2,1-5H3,(H,14,17). The summed E-state index contributed by atoms with van der Waals surface area (Å²) in [6.07, 6.45) is 0. The molecule has 1 rings (SSSR count). The molecule has 0 atom stereocenters. The van der Waals surface area contributed by atoms with Gasteiger partial charge in [0, 0.05) is 29.9 Å². The minimum atomic E-state index is -0.0890. The van der Waals surface area contributed by atoms with E-state index in [-0.39, 0.29) is 11.4 Å². The summed E-state index contributed by atoms with van der Waals surface area (Å²) in [7, 11) is 0. The van der Waals surface area contributed by atoms with Crippen LogP contribution < -0.4 is 10.6 Å². The first-order valence-corrected chi connectivity index (χ1v) is 7.16. The molecule has 0 unspecified atom stereocenters. The van der Waals surface area contributed by atoms with Gasteiger partial charge in [-0.2, -0.15) is 0 Å². The molecule has 102 valence electrons. The summed E-state index contributed by atoms with van der Waals surface area (Å²) in [5.74, 6) is 0.285. The van der Waals surface area contributed by atoms with Crippen LogP contribution in [0.2, 0.25) is 0 Å². The van der Waals surface area contributed by atoms with Gasteiger partial charge in [-0.1, -0.05) is 13.8 Å². The molecule has 0 aliphatic heterocycles. The van der Waals surface area contributed by atoms with E-state index in [0.717, 1.165) is 11.6 Å². The highest BCUT2D eigenvalue weighted by Crippen LogP contribution is 2.18. The second-order valence-electron chi connectivity index (χ2n) is 5.66. The summed E-state index contributed by atoms with van der Waals surface area (Å²) in [5.41, 5.74) is 0.607. The Balaban J connectivity index is 2.36. The summed E-state index contributed by atoms with van der Waals surface area (Å²) in [5, 5.41) is 9.01. The Kier molecular flexibility index (Phi) is 5.28. The molecule has 0 radical (unpaired) electrons. The predicted molar refractivity (Wildman–Crippen MR) is 76.3 cm³/mol. The van der Waals surface area contributed by atoms with E-state index in [2.05, 4.69) is 50.2 Å². The van der Waals surface area contributed by atoms with Crippen LogP contribution in [-0.4, -0.2) is 29.5 Å². The van der Waals surface area contributed by atoms with Gasteiger partial charge in [0.2, 0.25) is 0 Å². The quantitative estimate of drug-likeness (QED) is 0.807. The molecular weight excluding hydrogens is 246 g/mol. The van der Waals surface area contributed by atoms with Gasteiger partial charge in [0.15, 0.2) is 0 Å². The van der Waals surface area contributed by atoms with Crippen molar-refractivity contribution in [3.63, 3.8) is 0 Å². The van der Waals surface area contributed by atoms with E-state index in [0.29, 0.717) is 18.2 Å². The molecule has 0 spiro atoms. The third-order valence-electron chi connectivity index (χ3n) is 2.31. The van der Waals surface area contributed by atoms with E-state index in [1.54, 1.807) is 11.3 Å². The molecule has 1 aromatic heterocycles. The van der Waals surface area contributed by atoms with Crippen LogP contribution in [0, 0.1) is 0 Å². The van der Waals surface area contributed by atoms with Gasteiger partial charge in [0.1, 0.15) is 5.69 Å². The Morgan fingerprint density at radius 1 is 1.39 bits per heavy atom. The first-order valence-electron chi connectivity index (χ1n) is 6.28. The maximum Gasteiger partial charge on any atom is 0.270 e. The number of aromatic nitrogens is 1. The Bertz CT molecular complexity index is 393. The fourth-order valence-electron chi connectivity index (χ4n) is 1.36. The van der Waals surface area contributed by atoms with Gasteiger partial charge >= 0.3 is 0 Å². The van der Waals surface area contributed by atoms with E-state index in [9.17, 15) is 4.79 Å². The molecule has 0 saturated heterocycles. The molecule has 0 aliphatic rings. The monoisotopic (exact) mass is 269 g/mol. The fourth-order valence-corrected chi connectivity index (χ4v) is 2.18. The van der Waals surface area contributed by atoms with E-state index in [4.69, 9.17) is 0 Å². The lowest BCUT2D eigenvalue weighted by Gasteiger charge is -2.20. The van der Waals surface area contributed by atoms with E-state index in [1.165, 1.54) is 0 Å². The molecule has 4 nitrogen and oxygen atoms in total. The number of hydrogen-bond acceptors (Lipinski definition) is 4. The molecule has 5 heteroatoms. The van der Waals surface area contributed by atoms with E-state index >= 15 is 0 Å². The molecule has 1 aromatic rings. The summed E-state index contributed by atoms with van der Waals surface area (Å²) < 4.78 is 0. The van der Waals surface area contributed by atoms with Crippen molar-refractivity contribution < 1.29 is 4.79 Å². The lowest BCUT2D eigenvalue weighted by atomic mass is 10.1. The molecular formula is C13H23N3OS. The van der Waals surface area contributed by atoms with Crippen molar-refractivity contribution in [2.75, 3.05) is 13.1 Å². The molecule has 18 heavy (non-hydrogen) atoms. The highest BCUT2D eigenvalue weighted by Gasteiger charge is 2.12. The van der Waals surface area contributed by atoms with Gasteiger partial charge in [0.25, 0.3) is 5.91 Å². The van der Waals surface area contributed by atoms with Gasteiger partial charge in [-0.15, -0.1) is 11.3 Å². The Hall–Kier alpha value is -0.940. The van der Waals surface area contributed by atoms with Crippen molar-refractivity contribution in [3.05, 3.63) is 16.1 Å². The van der Waals surface area contributed by atoms with E-state index in [1.807, 2.05) is 5.38 Å². The topological polar surface area (TPSA) is 54.0 Å². The Labute approximate surface area is 113 Å². The lowest BCUT2D eigenvalue weighted by molar-refractivity contribution is 0.0948. The number of nitrogens with one attached hydrogen (secondary N) is 2. The zero-order valence-corrected chi connectivity index (χ0v) is 12.6. The second-order valence-corrected chi connectivity index (χ2v) is 6.55. The maximum atomic E-state index is 11.8. The maximum absolute atomic E-state index is 11.8. The number of nitrogens with zero attached hydrogens (tertiary/aromatic N) is 1.